The molecule has 3 heteroatoms. The van der Waals surface area contributed by atoms with Gasteiger partial charge in [-0.05, 0) is 17.2 Å². The van der Waals surface area contributed by atoms with Crippen molar-refractivity contribution in [1.82, 2.24) is 4.98 Å². The van der Waals surface area contributed by atoms with E-state index in [9.17, 15) is 0 Å². The molecular weight excluding hydrogens is 210 g/mol. The third kappa shape index (κ3) is 2.22. The number of benzene rings is 1. The smallest absolute Gasteiger partial charge is 0.0966 e. The van der Waals surface area contributed by atoms with Crippen LogP contribution in [0.3, 0.4) is 0 Å². The van der Waals surface area contributed by atoms with E-state index in [0.29, 0.717) is 0 Å². The quantitative estimate of drug-likeness (QED) is 0.631. The van der Waals surface area contributed by atoms with Crippen LogP contribution in [-0.4, -0.2) is 16.5 Å². The van der Waals surface area contributed by atoms with Gasteiger partial charge in [-0.1, -0.05) is 24.3 Å². The molecule has 0 spiro atoms. The minimum Gasteiger partial charge on any atom is -0.249 e. The van der Waals surface area contributed by atoms with Crippen LogP contribution in [0.2, 0.25) is 0 Å². The molecule has 0 fully saturated rings. The van der Waals surface area contributed by atoms with Gasteiger partial charge in [0.2, 0.25) is 0 Å². The highest BCUT2D eigenvalue weighted by Gasteiger charge is 1.97. The fourth-order valence-corrected chi connectivity index (χ4v) is 2.20. The van der Waals surface area contributed by atoms with Crippen molar-refractivity contribution in [3.63, 3.8) is 0 Å². The van der Waals surface area contributed by atoms with Crippen molar-refractivity contribution in [3.05, 3.63) is 36.5 Å². The van der Waals surface area contributed by atoms with E-state index in [1.807, 2.05) is 12.3 Å². The van der Waals surface area contributed by atoms with Crippen molar-refractivity contribution in [3.8, 4) is 0 Å². The Balaban J connectivity index is 2.32. The summed E-state index contributed by atoms with van der Waals surface area (Å²) in [6, 6.07) is 10.4. The maximum Gasteiger partial charge on any atom is 0.0966 e. The third-order valence-electron chi connectivity index (χ3n) is 1.95. The summed E-state index contributed by atoms with van der Waals surface area (Å²) < 4.78 is 0. The van der Waals surface area contributed by atoms with Gasteiger partial charge in [-0.2, -0.15) is 12.6 Å². The lowest BCUT2D eigenvalue weighted by Crippen LogP contribution is -1.84. The van der Waals surface area contributed by atoms with E-state index in [1.165, 1.54) is 10.8 Å². The van der Waals surface area contributed by atoms with E-state index >= 15 is 0 Å². The molecule has 1 nitrogen and oxygen atoms in total. The SMILES string of the molecule is SCCSc1cc2ccccc2cn1. The monoisotopic (exact) mass is 221 g/mol. The average molecular weight is 221 g/mol. The molecule has 1 aromatic heterocycles. The van der Waals surface area contributed by atoms with E-state index in [2.05, 4.69) is 41.9 Å². The van der Waals surface area contributed by atoms with Gasteiger partial charge in [-0.25, -0.2) is 4.98 Å². The van der Waals surface area contributed by atoms with E-state index in [0.717, 1.165) is 16.5 Å². The molecule has 1 heterocycles. The zero-order valence-corrected chi connectivity index (χ0v) is 9.39. The normalized spacial score (nSPS) is 10.6. The molecule has 0 saturated carbocycles. The van der Waals surface area contributed by atoms with Crippen LogP contribution < -0.4 is 0 Å². The van der Waals surface area contributed by atoms with Gasteiger partial charge < -0.3 is 0 Å². The van der Waals surface area contributed by atoms with Crippen molar-refractivity contribution >= 4 is 35.2 Å². The van der Waals surface area contributed by atoms with Crippen LogP contribution in [-0.2, 0) is 0 Å². The Bertz CT molecular complexity index is 428. The molecule has 0 atom stereocenters. The molecule has 2 rings (SSSR count). The number of thiol groups is 1. The summed E-state index contributed by atoms with van der Waals surface area (Å²) in [5, 5.41) is 3.53. The van der Waals surface area contributed by atoms with Gasteiger partial charge in [0, 0.05) is 17.3 Å². The summed E-state index contributed by atoms with van der Waals surface area (Å²) >= 11 is 5.92. The van der Waals surface area contributed by atoms with Crippen LogP contribution in [0.4, 0.5) is 0 Å². The molecule has 14 heavy (non-hydrogen) atoms. The second-order valence-corrected chi connectivity index (χ2v) is 4.50. The Hall–Kier alpha value is -0.670. The summed E-state index contributed by atoms with van der Waals surface area (Å²) in [6.07, 6.45) is 1.93. The van der Waals surface area contributed by atoms with Crippen molar-refractivity contribution in [1.29, 1.82) is 0 Å². The molecule has 0 unspecified atom stereocenters. The number of hydrogen-bond acceptors (Lipinski definition) is 3. The third-order valence-corrected chi connectivity index (χ3v) is 3.40. The van der Waals surface area contributed by atoms with Crippen LogP contribution in [0.25, 0.3) is 10.8 Å². The van der Waals surface area contributed by atoms with Crippen LogP contribution >= 0.6 is 24.4 Å². The fraction of sp³-hybridized carbons (Fsp3) is 0.182. The number of aromatic nitrogens is 1. The average Bonchev–Trinajstić information content (AvgIpc) is 2.26. The molecule has 1 aromatic carbocycles. The van der Waals surface area contributed by atoms with Crippen molar-refractivity contribution in [2.45, 2.75) is 5.03 Å². The first-order valence-electron chi connectivity index (χ1n) is 4.48. The van der Waals surface area contributed by atoms with Gasteiger partial charge in [0.1, 0.15) is 0 Å². The first-order chi connectivity index (χ1) is 6.90. The molecule has 0 bridgehead atoms. The highest BCUT2D eigenvalue weighted by molar-refractivity contribution is 7.99. The lowest BCUT2D eigenvalue weighted by Gasteiger charge is -2.00. The largest absolute Gasteiger partial charge is 0.249 e. The molecule has 0 amide bonds. The van der Waals surface area contributed by atoms with E-state index in [4.69, 9.17) is 0 Å². The molecule has 0 aliphatic rings. The molecule has 0 aliphatic heterocycles. The lowest BCUT2D eigenvalue weighted by atomic mass is 10.2. The fourth-order valence-electron chi connectivity index (χ4n) is 1.29. The van der Waals surface area contributed by atoms with E-state index in [1.54, 1.807) is 11.8 Å². The first-order valence-corrected chi connectivity index (χ1v) is 6.10. The van der Waals surface area contributed by atoms with Crippen molar-refractivity contribution in [2.24, 2.45) is 0 Å². The number of pyridine rings is 1. The van der Waals surface area contributed by atoms with Crippen LogP contribution in [0.5, 0.6) is 0 Å². The molecule has 72 valence electrons. The topological polar surface area (TPSA) is 12.9 Å². The number of nitrogens with zero attached hydrogens (tertiary/aromatic N) is 1. The molecule has 0 saturated heterocycles. The second-order valence-electron chi connectivity index (χ2n) is 2.94. The predicted octanol–water partition coefficient (Wildman–Crippen LogP) is 3.26. The second kappa shape index (κ2) is 4.71. The van der Waals surface area contributed by atoms with Crippen LogP contribution in [0, 0.1) is 0 Å². The number of fused-ring (bicyclic) bond motifs is 1. The predicted molar refractivity (Wildman–Crippen MR) is 66.3 cm³/mol. The molecule has 0 N–H and O–H groups in total. The first kappa shape index (κ1) is 9.87. The Kier molecular flexibility index (Phi) is 3.32. The van der Waals surface area contributed by atoms with Gasteiger partial charge in [0.25, 0.3) is 0 Å². The summed E-state index contributed by atoms with van der Waals surface area (Å²) in [4.78, 5) is 4.37. The molecule has 0 aliphatic carbocycles. The van der Waals surface area contributed by atoms with Gasteiger partial charge in [-0.3, -0.25) is 0 Å². The summed E-state index contributed by atoms with van der Waals surface area (Å²) in [7, 11) is 0. The summed E-state index contributed by atoms with van der Waals surface area (Å²) in [6.45, 7) is 0. The highest BCUT2D eigenvalue weighted by Crippen LogP contribution is 2.20. The summed E-state index contributed by atoms with van der Waals surface area (Å²) in [5.41, 5.74) is 0. The Morgan fingerprint density at radius 3 is 2.79 bits per heavy atom. The summed E-state index contributed by atoms with van der Waals surface area (Å²) in [5.74, 6) is 1.90. The minimum absolute atomic E-state index is 0.888. The van der Waals surface area contributed by atoms with E-state index in [-0.39, 0.29) is 0 Å². The number of rotatable bonds is 3. The van der Waals surface area contributed by atoms with Gasteiger partial charge in [-0.15, -0.1) is 11.8 Å². The number of hydrogen-bond donors (Lipinski definition) is 1. The Morgan fingerprint density at radius 2 is 2.00 bits per heavy atom. The highest BCUT2D eigenvalue weighted by atomic mass is 32.2. The lowest BCUT2D eigenvalue weighted by molar-refractivity contribution is 1.16. The maximum absolute atomic E-state index is 4.37. The van der Waals surface area contributed by atoms with E-state index < -0.39 is 0 Å². The molecule has 0 radical (unpaired) electrons. The zero-order valence-electron chi connectivity index (χ0n) is 7.68. The van der Waals surface area contributed by atoms with Gasteiger partial charge in [0.15, 0.2) is 0 Å². The van der Waals surface area contributed by atoms with Gasteiger partial charge in [0.05, 0.1) is 5.03 Å². The minimum atomic E-state index is 0.888. The standard InChI is InChI=1S/C11H11NS2/c13-5-6-14-11-7-9-3-1-2-4-10(9)8-12-11/h1-4,7-8,13H,5-6H2. The van der Waals surface area contributed by atoms with Crippen LogP contribution in [0.15, 0.2) is 41.6 Å². The molecular formula is C11H11NS2. The molecule has 2 aromatic rings. The van der Waals surface area contributed by atoms with Crippen molar-refractivity contribution < 1.29 is 0 Å². The Morgan fingerprint density at radius 1 is 1.21 bits per heavy atom. The van der Waals surface area contributed by atoms with Gasteiger partial charge >= 0.3 is 0 Å². The number of thioether (sulfide) groups is 1. The maximum atomic E-state index is 4.37. The Labute approximate surface area is 93.3 Å². The zero-order chi connectivity index (χ0) is 9.80. The van der Waals surface area contributed by atoms with Crippen LogP contribution in [0.1, 0.15) is 0 Å². The van der Waals surface area contributed by atoms with Crippen molar-refractivity contribution in [2.75, 3.05) is 11.5 Å².